The van der Waals surface area contributed by atoms with Crippen molar-refractivity contribution in [3.05, 3.63) is 95.6 Å². The zero-order valence-corrected chi connectivity index (χ0v) is 15.0. The van der Waals surface area contributed by atoms with Gasteiger partial charge in [0.2, 0.25) is 0 Å². The van der Waals surface area contributed by atoms with E-state index in [1.54, 1.807) is 31.5 Å². The summed E-state index contributed by atoms with van der Waals surface area (Å²) in [5.41, 5.74) is 4.76. The smallest absolute Gasteiger partial charge is 0.275 e. The highest BCUT2D eigenvalue weighted by molar-refractivity contribution is 5.97. The van der Waals surface area contributed by atoms with Crippen molar-refractivity contribution in [2.24, 2.45) is 5.10 Å². The third kappa shape index (κ3) is 4.95. The SMILES string of the molecule is COc1ccccc1/C=N/NC(=O)c1ccccc1OCc1ccccc1. The Morgan fingerprint density at radius 3 is 2.37 bits per heavy atom. The number of hydrogen-bond donors (Lipinski definition) is 1. The highest BCUT2D eigenvalue weighted by Crippen LogP contribution is 2.19. The Morgan fingerprint density at radius 1 is 0.926 bits per heavy atom. The van der Waals surface area contributed by atoms with Gasteiger partial charge in [0, 0.05) is 5.56 Å². The van der Waals surface area contributed by atoms with E-state index in [2.05, 4.69) is 10.5 Å². The number of carbonyl (C=O) groups excluding carboxylic acids is 1. The molecule has 0 fully saturated rings. The standard InChI is InChI=1S/C22H20N2O3/c1-26-20-13-7-5-11-18(20)15-23-24-22(25)19-12-6-8-14-21(19)27-16-17-9-3-2-4-10-17/h2-15H,16H2,1H3,(H,24,25)/b23-15+. The van der Waals surface area contributed by atoms with Gasteiger partial charge in [-0.3, -0.25) is 4.79 Å². The van der Waals surface area contributed by atoms with E-state index in [0.29, 0.717) is 23.7 Å². The van der Waals surface area contributed by atoms with E-state index in [0.717, 1.165) is 11.1 Å². The predicted molar refractivity (Wildman–Crippen MR) is 105 cm³/mol. The van der Waals surface area contributed by atoms with E-state index in [9.17, 15) is 4.79 Å². The quantitative estimate of drug-likeness (QED) is 0.511. The van der Waals surface area contributed by atoms with Crippen molar-refractivity contribution in [3.63, 3.8) is 0 Å². The number of hydrogen-bond acceptors (Lipinski definition) is 4. The lowest BCUT2D eigenvalue weighted by molar-refractivity contribution is 0.0950. The third-order valence-corrected chi connectivity index (χ3v) is 3.88. The average molecular weight is 360 g/mol. The van der Waals surface area contributed by atoms with Gasteiger partial charge in [0.05, 0.1) is 18.9 Å². The van der Waals surface area contributed by atoms with Crippen molar-refractivity contribution < 1.29 is 14.3 Å². The monoisotopic (exact) mass is 360 g/mol. The second-order valence-corrected chi connectivity index (χ2v) is 5.71. The molecule has 0 saturated carbocycles. The van der Waals surface area contributed by atoms with Crippen LogP contribution < -0.4 is 14.9 Å². The summed E-state index contributed by atoms with van der Waals surface area (Å²) in [5, 5.41) is 4.03. The fourth-order valence-electron chi connectivity index (χ4n) is 2.51. The molecule has 0 aliphatic heterocycles. The third-order valence-electron chi connectivity index (χ3n) is 3.88. The van der Waals surface area contributed by atoms with Gasteiger partial charge in [-0.25, -0.2) is 5.43 Å². The minimum absolute atomic E-state index is 0.343. The average Bonchev–Trinajstić information content (AvgIpc) is 2.73. The molecule has 1 N–H and O–H groups in total. The maximum Gasteiger partial charge on any atom is 0.275 e. The number of para-hydroxylation sites is 2. The molecule has 0 saturated heterocycles. The van der Waals surface area contributed by atoms with Crippen LogP contribution in [0.5, 0.6) is 11.5 Å². The van der Waals surface area contributed by atoms with Gasteiger partial charge in [-0.05, 0) is 29.8 Å². The van der Waals surface area contributed by atoms with E-state index in [1.165, 1.54) is 0 Å². The summed E-state index contributed by atoms with van der Waals surface area (Å²) >= 11 is 0. The zero-order valence-electron chi connectivity index (χ0n) is 15.0. The first kappa shape index (κ1) is 18.2. The van der Waals surface area contributed by atoms with Crippen LogP contribution in [0.4, 0.5) is 0 Å². The zero-order chi connectivity index (χ0) is 18.9. The van der Waals surface area contributed by atoms with E-state index >= 15 is 0 Å². The van der Waals surface area contributed by atoms with Gasteiger partial charge >= 0.3 is 0 Å². The fraction of sp³-hybridized carbons (Fsp3) is 0.0909. The topological polar surface area (TPSA) is 59.9 Å². The Balaban J connectivity index is 1.67. The maximum absolute atomic E-state index is 12.5. The van der Waals surface area contributed by atoms with Crippen LogP contribution in [-0.2, 0) is 6.61 Å². The van der Waals surface area contributed by atoms with Crippen LogP contribution in [0.25, 0.3) is 0 Å². The summed E-state index contributed by atoms with van der Waals surface area (Å²) in [4.78, 5) is 12.5. The largest absolute Gasteiger partial charge is 0.496 e. The minimum atomic E-state index is -0.343. The van der Waals surface area contributed by atoms with Crippen molar-refractivity contribution >= 4 is 12.1 Å². The first-order valence-electron chi connectivity index (χ1n) is 8.50. The van der Waals surface area contributed by atoms with Crippen LogP contribution >= 0.6 is 0 Å². The first-order chi connectivity index (χ1) is 13.3. The Labute approximate surface area is 158 Å². The Bertz CT molecular complexity index is 924. The molecule has 0 aliphatic carbocycles. The van der Waals surface area contributed by atoms with Crippen molar-refractivity contribution in [1.82, 2.24) is 5.43 Å². The molecule has 1 amide bonds. The van der Waals surface area contributed by atoms with E-state index < -0.39 is 0 Å². The number of methoxy groups -OCH3 is 1. The second-order valence-electron chi connectivity index (χ2n) is 5.71. The van der Waals surface area contributed by atoms with E-state index in [-0.39, 0.29) is 5.91 Å². The lowest BCUT2D eigenvalue weighted by Gasteiger charge is -2.10. The summed E-state index contributed by atoms with van der Waals surface area (Å²) in [5.74, 6) is 0.846. The molecule has 136 valence electrons. The molecule has 0 unspecified atom stereocenters. The first-order valence-corrected chi connectivity index (χ1v) is 8.50. The number of amides is 1. The van der Waals surface area contributed by atoms with Gasteiger partial charge < -0.3 is 9.47 Å². The molecule has 3 aromatic rings. The summed E-state index contributed by atoms with van der Waals surface area (Å²) < 4.78 is 11.1. The summed E-state index contributed by atoms with van der Waals surface area (Å²) in [6.07, 6.45) is 1.55. The molecule has 5 heteroatoms. The number of hydrazone groups is 1. The lowest BCUT2D eigenvalue weighted by atomic mass is 10.2. The van der Waals surface area contributed by atoms with Gasteiger partial charge in [-0.2, -0.15) is 5.10 Å². The molecule has 5 nitrogen and oxygen atoms in total. The number of ether oxygens (including phenoxy) is 2. The Hall–Kier alpha value is -3.60. The van der Waals surface area contributed by atoms with E-state index in [1.807, 2.05) is 60.7 Å². The van der Waals surface area contributed by atoms with Gasteiger partial charge in [0.25, 0.3) is 5.91 Å². The highest BCUT2D eigenvalue weighted by atomic mass is 16.5. The summed E-state index contributed by atoms with van der Waals surface area (Å²) in [6.45, 7) is 0.385. The fourth-order valence-corrected chi connectivity index (χ4v) is 2.51. The van der Waals surface area contributed by atoms with Gasteiger partial charge in [-0.1, -0.05) is 54.6 Å². The van der Waals surface area contributed by atoms with Crippen LogP contribution in [0.15, 0.2) is 84.0 Å². The molecule has 0 spiro atoms. The lowest BCUT2D eigenvalue weighted by Crippen LogP contribution is -2.18. The molecule has 27 heavy (non-hydrogen) atoms. The number of carbonyl (C=O) groups is 1. The van der Waals surface area contributed by atoms with Gasteiger partial charge in [0.1, 0.15) is 18.1 Å². The molecular formula is C22H20N2O3. The molecule has 0 bridgehead atoms. The van der Waals surface area contributed by atoms with Crippen molar-refractivity contribution in [2.45, 2.75) is 6.61 Å². The molecule has 3 aromatic carbocycles. The normalized spacial score (nSPS) is 10.6. The van der Waals surface area contributed by atoms with Crippen molar-refractivity contribution in [1.29, 1.82) is 0 Å². The van der Waals surface area contributed by atoms with Gasteiger partial charge in [-0.15, -0.1) is 0 Å². The Morgan fingerprint density at radius 2 is 1.59 bits per heavy atom. The summed E-state index contributed by atoms with van der Waals surface area (Å²) in [6, 6.07) is 24.3. The number of benzene rings is 3. The minimum Gasteiger partial charge on any atom is -0.496 e. The predicted octanol–water partition coefficient (Wildman–Crippen LogP) is 4.04. The van der Waals surface area contributed by atoms with Crippen LogP contribution in [0.3, 0.4) is 0 Å². The van der Waals surface area contributed by atoms with Crippen LogP contribution in [0.1, 0.15) is 21.5 Å². The molecule has 0 aromatic heterocycles. The highest BCUT2D eigenvalue weighted by Gasteiger charge is 2.11. The summed E-state index contributed by atoms with van der Waals surface area (Å²) in [7, 11) is 1.59. The van der Waals surface area contributed by atoms with Crippen LogP contribution in [0.2, 0.25) is 0 Å². The van der Waals surface area contributed by atoms with Gasteiger partial charge in [0.15, 0.2) is 0 Å². The van der Waals surface area contributed by atoms with Crippen LogP contribution in [-0.4, -0.2) is 19.2 Å². The number of nitrogens with zero attached hydrogens (tertiary/aromatic N) is 1. The van der Waals surface area contributed by atoms with Crippen molar-refractivity contribution in [2.75, 3.05) is 7.11 Å². The Kier molecular flexibility index (Phi) is 6.20. The molecule has 0 heterocycles. The molecule has 0 aliphatic rings. The molecule has 0 atom stereocenters. The van der Waals surface area contributed by atoms with Crippen molar-refractivity contribution in [3.8, 4) is 11.5 Å². The maximum atomic E-state index is 12.5. The molecular weight excluding hydrogens is 340 g/mol. The second kappa shape index (κ2) is 9.20. The number of nitrogens with one attached hydrogen (secondary N) is 1. The van der Waals surface area contributed by atoms with E-state index in [4.69, 9.17) is 9.47 Å². The molecule has 0 radical (unpaired) electrons. The van der Waals surface area contributed by atoms with Crippen LogP contribution in [0, 0.1) is 0 Å². The number of rotatable bonds is 7. The molecule has 3 rings (SSSR count).